The van der Waals surface area contributed by atoms with Crippen LogP contribution in [-0.2, 0) is 0 Å². The van der Waals surface area contributed by atoms with E-state index in [0.717, 1.165) is 5.75 Å². The van der Waals surface area contributed by atoms with E-state index >= 15 is 0 Å². The fourth-order valence-electron chi connectivity index (χ4n) is 2.00. The molecule has 0 unspecified atom stereocenters. The summed E-state index contributed by atoms with van der Waals surface area (Å²) < 4.78 is 5.73. The average molecular weight is 300 g/mol. The molecule has 0 N–H and O–H groups in total. The molecule has 0 saturated carbocycles. The summed E-state index contributed by atoms with van der Waals surface area (Å²) in [6, 6.07) is 13.9. The normalized spacial score (nSPS) is 10.4. The van der Waals surface area contributed by atoms with Crippen molar-refractivity contribution in [3.63, 3.8) is 0 Å². The van der Waals surface area contributed by atoms with E-state index < -0.39 is 0 Å². The minimum atomic E-state index is 0.0346. The summed E-state index contributed by atoms with van der Waals surface area (Å²) in [5.41, 5.74) is 3.27. The molecular formula is C18H20O2S. The molecule has 0 aliphatic carbocycles. The van der Waals surface area contributed by atoms with Crippen LogP contribution in [0.4, 0.5) is 0 Å². The van der Waals surface area contributed by atoms with Gasteiger partial charge in [0.15, 0.2) is 5.78 Å². The van der Waals surface area contributed by atoms with Gasteiger partial charge in [0.2, 0.25) is 0 Å². The van der Waals surface area contributed by atoms with Gasteiger partial charge in [-0.3, -0.25) is 4.79 Å². The summed E-state index contributed by atoms with van der Waals surface area (Å²) in [7, 11) is 0. The van der Waals surface area contributed by atoms with Crippen molar-refractivity contribution in [2.24, 2.45) is 0 Å². The first-order chi connectivity index (χ1) is 10.1. The van der Waals surface area contributed by atoms with Crippen molar-refractivity contribution in [2.45, 2.75) is 25.7 Å². The van der Waals surface area contributed by atoms with Crippen LogP contribution in [0, 0.1) is 13.8 Å². The molecule has 0 amide bonds. The topological polar surface area (TPSA) is 26.3 Å². The van der Waals surface area contributed by atoms with Crippen molar-refractivity contribution in [2.75, 3.05) is 12.4 Å². The average Bonchev–Trinajstić information content (AvgIpc) is 2.47. The molecule has 0 atom stereocenters. The van der Waals surface area contributed by atoms with E-state index in [0.29, 0.717) is 17.9 Å². The molecule has 0 heterocycles. The number of rotatable bonds is 6. The van der Waals surface area contributed by atoms with Crippen LogP contribution in [0.15, 0.2) is 47.4 Å². The number of ether oxygens (including phenoxy) is 1. The van der Waals surface area contributed by atoms with Crippen LogP contribution in [0.2, 0.25) is 0 Å². The Morgan fingerprint density at radius 1 is 1.10 bits per heavy atom. The van der Waals surface area contributed by atoms with E-state index in [-0.39, 0.29) is 5.78 Å². The maximum Gasteiger partial charge on any atom is 0.163 e. The molecule has 0 radical (unpaired) electrons. The molecule has 2 rings (SSSR count). The Hall–Kier alpha value is -1.74. The van der Waals surface area contributed by atoms with E-state index in [1.54, 1.807) is 24.8 Å². The second-order valence-electron chi connectivity index (χ2n) is 5.00. The number of aryl methyl sites for hydroxylation is 2. The van der Waals surface area contributed by atoms with Crippen LogP contribution in [0.25, 0.3) is 0 Å². The van der Waals surface area contributed by atoms with Crippen LogP contribution < -0.4 is 4.74 Å². The summed E-state index contributed by atoms with van der Waals surface area (Å²) in [4.78, 5) is 12.8. The van der Waals surface area contributed by atoms with Gasteiger partial charge < -0.3 is 4.74 Å². The van der Waals surface area contributed by atoms with E-state index in [4.69, 9.17) is 4.74 Å². The van der Waals surface area contributed by atoms with Crippen molar-refractivity contribution in [1.29, 1.82) is 0 Å². The summed E-state index contributed by atoms with van der Waals surface area (Å²) in [6.07, 6.45) is 0. The van der Waals surface area contributed by atoms with Crippen molar-refractivity contribution < 1.29 is 9.53 Å². The number of hydrogen-bond donors (Lipinski definition) is 0. The molecule has 0 saturated heterocycles. The Kier molecular flexibility index (Phi) is 5.45. The van der Waals surface area contributed by atoms with Gasteiger partial charge in [-0.15, -0.1) is 11.8 Å². The van der Waals surface area contributed by atoms with Gasteiger partial charge in [0.1, 0.15) is 5.75 Å². The van der Waals surface area contributed by atoms with Crippen molar-refractivity contribution in [3.05, 3.63) is 59.2 Å². The lowest BCUT2D eigenvalue weighted by atomic mass is 10.1. The van der Waals surface area contributed by atoms with E-state index in [9.17, 15) is 4.79 Å². The Balaban J connectivity index is 1.87. The fourth-order valence-corrected chi connectivity index (χ4v) is 2.82. The summed E-state index contributed by atoms with van der Waals surface area (Å²) >= 11 is 1.77. The lowest BCUT2D eigenvalue weighted by Crippen LogP contribution is -2.04. The Labute approximate surface area is 130 Å². The number of para-hydroxylation sites is 1. The molecule has 0 aromatic heterocycles. The minimum Gasteiger partial charge on any atom is -0.492 e. The number of ketones is 1. The lowest BCUT2D eigenvalue weighted by Gasteiger charge is -2.10. The highest BCUT2D eigenvalue weighted by molar-refractivity contribution is 7.99. The van der Waals surface area contributed by atoms with Gasteiger partial charge in [-0.25, -0.2) is 0 Å². The van der Waals surface area contributed by atoms with Gasteiger partial charge >= 0.3 is 0 Å². The fraction of sp³-hybridized carbons (Fsp3) is 0.278. The van der Waals surface area contributed by atoms with Crippen LogP contribution in [0.5, 0.6) is 5.75 Å². The second-order valence-corrected chi connectivity index (χ2v) is 6.16. The SMILES string of the molecule is CC(=O)c1ccccc1OCCSc1ccc(C)c(C)c1. The minimum absolute atomic E-state index is 0.0346. The zero-order chi connectivity index (χ0) is 15.2. The zero-order valence-corrected chi connectivity index (χ0v) is 13.5. The molecule has 3 heteroatoms. The molecule has 21 heavy (non-hydrogen) atoms. The van der Waals surface area contributed by atoms with Gasteiger partial charge in [0.25, 0.3) is 0 Å². The van der Waals surface area contributed by atoms with Crippen molar-refractivity contribution in [1.82, 2.24) is 0 Å². The third-order valence-corrected chi connectivity index (χ3v) is 4.31. The zero-order valence-electron chi connectivity index (χ0n) is 12.7. The Morgan fingerprint density at radius 3 is 2.57 bits per heavy atom. The predicted molar refractivity (Wildman–Crippen MR) is 88.6 cm³/mol. The van der Waals surface area contributed by atoms with Gasteiger partial charge in [0.05, 0.1) is 12.2 Å². The molecule has 0 bridgehead atoms. The van der Waals surface area contributed by atoms with Crippen LogP contribution in [0.3, 0.4) is 0 Å². The largest absolute Gasteiger partial charge is 0.492 e. The quantitative estimate of drug-likeness (QED) is 0.440. The van der Waals surface area contributed by atoms with Crippen molar-refractivity contribution >= 4 is 17.5 Å². The summed E-state index contributed by atoms with van der Waals surface area (Å²) in [5.74, 6) is 1.56. The van der Waals surface area contributed by atoms with Crippen LogP contribution in [-0.4, -0.2) is 18.1 Å². The first-order valence-electron chi connectivity index (χ1n) is 7.01. The molecular weight excluding hydrogens is 280 g/mol. The number of carbonyl (C=O) groups excluding carboxylic acids is 1. The smallest absolute Gasteiger partial charge is 0.163 e. The lowest BCUT2D eigenvalue weighted by molar-refractivity contribution is 0.101. The number of carbonyl (C=O) groups is 1. The Morgan fingerprint density at radius 2 is 1.86 bits per heavy atom. The molecule has 0 aliphatic heterocycles. The highest BCUT2D eigenvalue weighted by Gasteiger charge is 2.07. The van der Waals surface area contributed by atoms with Gasteiger partial charge in [-0.05, 0) is 56.2 Å². The predicted octanol–water partition coefficient (Wildman–Crippen LogP) is 4.68. The summed E-state index contributed by atoms with van der Waals surface area (Å²) in [5, 5.41) is 0. The van der Waals surface area contributed by atoms with Crippen molar-refractivity contribution in [3.8, 4) is 5.75 Å². The molecule has 0 aliphatic rings. The maximum atomic E-state index is 11.5. The van der Waals surface area contributed by atoms with Crippen LogP contribution >= 0.6 is 11.8 Å². The van der Waals surface area contributed by atoms with Gasteiger partial charge in [-0.1, -0.05) is 18.2 Å². The van der Waals surface area contributed by atoms with Gasteiger partial charge in [-0.2, -0.15) is 0 Å². The van der Waals surface area contributed by atoms with E-state index in [2.05, 4.69) is 32.0 Å². The van der Waals surface area contributed by atoms with E-state index in [1.165, 1.54) is 16.0 Å². The number of benzene rings is 2. The standard InChI is InChI=1S/C18H20O2S/c1-13-8-9-16(12-14(13)2)21-11-10-20-18-7-5-4-6-17(18)15(3)19/h4-9,12H,10-11H2,1-3H3. The third kappa shape index (κ3) is 4.36. The number of Topliss-reactive ketones (excluding diaryl/α,β-unsaturated/α-hetero) is 1. The van der Waals surface area contributed by atoms with E-state index in [1.807, 2.05) is 18.2 Å². The maximum absolute atomic E-state index is 11.5. The molecule has 2 nitrogen and oxygen atoms in total. The first kappa shape index (κ1) is 15.6. The summed E-state index contributed by atoms with van der Waals surface area (Å²) in [6.45, 7) is 6.39. The number of thioether (sulfide) groups is 1. The molecule has 0 spiro atoms. The highest BCUT2D eigenvalue weighted by Crippen LogP contribution is 2.22. The van der Waals surface area contributed by atoms with Crippen LogP contribution in [0.1, 0.15) is 28.4 Å². The molecule has 2 aromatic carbocycles. The Bertz CT molecular complexity index is 635. The first-order valence-corrected chi connectivity index (χ1v) is 7.99. The molecule has 2 aromatic rings. The second kappa shape index (κ2) is 7.32. The van der Waals surface area contributed by atoms with Gasteiger partial charge in [0, 0.05) is 10.6 Å². The molecule has 0 fully saturated rings. The molecule has 110 valence electrons. The highest BCUT2D eigenvalue weighted by atomic mass is 32.2. The monoisotopic (exact) mass is 300 g/mol. The number of hydrogen-bond acceptors (Lipinski definition) is 3. The third-order valence-electron chi connectivity index (χ3n) is 3.35.